The van der Waals surface area contributed by atoms with Crippen molar-refractivity contribution in [3.63, 3.8) is 0 Å². The Bertz CT molecular complexity index is 1010. The number of halogens is 2. The predicted octanol–water partition coefficient (Wildman–Crippen LogP) is 3.80. The lowest BCUT2D eigenvalue weighted by molar-refractivity contribution is -0.122. The minimum absolute atomic E-state index is 0.0282. The van der Waals surface area contributed by atoms with Crippen LogP contribution in [0.25, 0.3) is 0 Å². The average molecular weight is 462 g/mol. The first-order valence-electron chi connectivity index (χ1n) is 8.63. The number of benzene rings is 1. The number of amides is 2. The van der Waals surface area contributed by atoms with E-state index in [-0.39, 0.29) is 23.9 Å². The van der Waals surface area contributed by atoms with Crippen LogP contribution in [0, 0.1) is 5.82 Å². The third kappa shape index (κ3) is 5.41. The Kier molecular flexibility index (Phi) is 6.61. The second kappa shape index (κ2) is 9.33. The lowest BCUT2D eigenvalue weighted by Crippen LogP contribution is -2.44. The molecule has 1 unspecified atom stereocenters. The van der Waals surface area contributed by atoms with Crippen LogP contribution in [0.2, 0.25) is 0 Å². The lowest BCUT2D eigenvalue weighted by Gasteiger charge is -2.15. The molecule has 0 aliphatic heterocycles. The zero-order chi connectivity index (χ0) is 20.8. The molecule has 0 aliphatic rings. The van der Waals surface area contributed by atoms with E-state index in [4.69, 9.17) is 9.15 Å². The van der Waals surface area contributed by atoms with Crippen LogP contribution in [0.4, 0.5) is 4.39 Å². The molecule has 2 aromatic heterocycles. The third-order valence-electron chi connectivity index (χ3n) is 3.87. The standard InChI is InChI=1S/C20H17BrFN3O4/c1-12(18(26)24-11-14-4-3-9-28-14)25-19(27)15-5-2-8-23-20(15)29-17-7-6-13(22)10-16(17)21/h2-10,12H,11H2,1H3,(H,24,26)(H,25,27). The number of pyridine rings is 1. The van der Waals surface area contributed by atoms with Gasteiger partial charge in [-0.3, -0.25) is 9.59 Å². The molecular weight excluding hydrogens is 445 g/mol. The fourth-order valence-corrected chi connectivity index (χ4v) is 2.82. The summed E-state index contributed by atoms with van der Waals surface area (Å²) in [6, 6.07) is 9.62. The summed E-state index contributed by atoms with van der Waals surface area (Å²) >= 11 is 3.21. The molecule has 0 spiro atoms. The molecule has 1 atom stereocenters. The molecule has 0 saturated heterocycles. The van der Waals surface area contributed by atoms with E-state index in [1.807, 2.05) is 0 Å². The first-order chi connectivity index (χ1) is 13.9. The Morgan fingerprint density at radius 2 is 2.10 bits per heavy atom. The van der Waals surface area contributed by atoms with Crippen molar-refractivity contribution in [3.05, 3.63) is 76.5 Å². The highest BCUT2D eigenvalue weighted by molar-refractivity contribution is 9.10. The van der Waals surface area contributed by atoms with Gasteiger partial charge in [0.1, 0.15) is 28.9 Å². The third-order valence-corrected chi connectivity index (χ3v) is 4.49. The number of nitrogens with one attached hydrogen (secondary N) is 2. The number of hydrogen-bond donors (Lipinski definition) is 2. The molecule has 2 heterocycles. The van der Waals surface area contributed by atoms with Gasteiger partial charge in [-0.1, -0.05) is 0 Å². The molecule has 150 valence electrons. The summed E-state index contributed by atoms with van der Waals surface area (Å²) in [4.78, 5) is 28.9. The Labute approximate surface area is 174 Å². The Morgan fingerprint density at radius 1 is 1.28 bits per heavy atom. The van der Waals surface area contributed by atoms with E-state index < -0.39 is 17.8 Å². The second-order valence-corrected chi connectivity index (χ2v) is 6.88. The number of carbonyl (C=O) groups excluding carboxylic acids is 2. The van der Waals surface area contributed by atoms with Gasteiger partial charge in [0.2, 0.25) is 11.8 Å². The van der Waals surface area contributed by atoms with E-state index in [1.54, 1.807) is 25.1 Å². The van der Waals surface area contributed by atoms with Gasteiger partial charge in [-0.2, -0.15) is 0 Å². The first kappa shape index (κ1) is 20.5. The van der Waals surface area contributed by atoms with Crippen LogP contribution in [0.1, 0.15) is 23.0 Å². The van der Waals surface area contributed by atoms with Crippen LogP contribution in [0.3, 0.4) is 0 Å². The zero-order valence-electron chi connectivity index (χ0n) is 15.3. The Hall–Kier alpha value is -3.20. The molecule has 1 aromatic carbocycles. The van der Waals surface area contributed by atoms with Crippen LogP contribution in [-0.4, -0.2) is 22.8 Å². The number of furan rings is 1. The summed E-state index contributed by atoms with van der Waals surface area (Å²) < 4.78 is 24.4. The normalized spacial score (nSPS) is 11.6. The van der Waals surface area contributed by atoms with Gasteiger partial charge in [-0.05, 0) is 65.3 Å². The maximum atomic E-state index is 13.3. The molecule has 7 nitrogen and oxygen atoms in total. The van der Waals surface area contributed by atoms with Crippen LogP contribution in [-0.2, 0) is 11.3 Å². The monoisotopic (exact) mass is 461 g/mol. The van der Waals surface area contributed by atoms with Crippen molar-refractivity contribution in [2.45, 2.75) is 19.5 Å². The van der Waals surface area contributed by atoms with Crippen molar-refractivity contribution in [3.8, 4) is 11.6 Å². The fraction of sp³-hybridized carbons (Fsp3) is 0.150. The second-order valence-electron chi connectivity index (χ2n) is 6.03. The smallest absolute Gasteiger partial charge is 0.257 e. The maximum absolute atomic E-state index is 13.3. The highest BCUT2D eigenvalue weighted by atomic mass is 79.9. The number of aromatic nitrogens is 1. The summed E-state index contributed by atoms with van der Waals surface area (Å²) in [6.45, 7) is 1.77. The number of rotatable bonds is 7. The van der Waals surface area contributed by atoms with E-state index in [0.717, 1.165) is 0 Å². The zero-order valence-corrected chi connectivity index (χ0v) is 16.9. The van der Waals surface area contributed by atoms with Gasteiger partial charge in [-0.25, -0.2) is 9.37 Å². The SMILES string of the molecule is CC(NC(=O)c1cccnc1Oc1ccc(F)cc1Br)C(=O)NCc1ccco1. The summed E-state index contributed by atoms with van der Waals surface area (Å²) in [7, 11) is 0. The molecule has 0 saturated carbocycles. The lowest BCUT2D eigenvalue weighted by atomic mass is 10.2. The number of ether oxygens (including phenoxy) is 1. The molecule has 0 fully saturated rings. The minimum Gasteiger partial charge on any atom is -0.467 e. The van der Waals surface area contributed by atoms with Crippen molar-refractivity contribution in [1.29, 1.82) is 0 Å². The average Bonchev–Trinajstić information content (AvgIpc) is 3.22. The van der Waals surface area contributed by atoms with Gasteiger partial charge in [0.05, 0.1) is 17.3 Å². The van der Waals surface area contributed by atoms with Crippen LogP contribution in [0.5, 0.6) is 11.6 Å². The van der Waals surface area contributed by atoms with Crippen molar-refractivity contribution in [2.75, 3.05) is 0 Å². The van der Waals surface area contributed by atoms with Crippen molar-refractivity contribution < 1.29 is 23.1 Å². The Morgan fingerprint density at radius 3 is 2.83 bits per heavy atom. The van der Waals surface area contributed by atoms with Crippen molar-refractivity contribution in [2.24, 2.45) is 0 Å². The van der Waals surface area contributed by atoms with Crippen molar-refractivity contribution in [1.82, 2.24) is 15.6 Å². The number of nitrogens with zero attached hydrogens (tertiary/aromatic N) is 1. The highest BCUT2D eigenvalue weighted by Gasteiger charge is 2.20. The van der Waals surface area contributed by atoms with Crippen LogP contribution < -0.4 is 15.4 Å². The van der Waals surface area contributed by atoms with E-state index in [9.17, 15) is 14.0 Å². The molecular formula is C20H17BrFN3O4. The van der Waals surface area contributed by atoms with Gasteiger partial charge in [0, 0.05) is 6.20 Å². The summed E-state index contributed by atoms with van der Waals surface area (Å²) in [5, 5.41) is 5.28. The largest absolute Gasteiger partial charge is 0.467 e. The molecule has 3 aromatic rings. The van der Waals surface area contributed by atoms with Gasteiger partial charge < -0.3 is 19.8 Å². The van der Waals surface area contributed by atoms with Gasteiger partial charge in [0.25, 0.3) is 5.91 Å². The molecule has 0 aliphatic carbocycles. The van der Waals surface area contributed by atoms with Gasteiger partial charge in [0.15, 0.2) is 0 Å². The minimum atomic E-state index is -0.803. The van der Waals surface area contributed by atoms with Crippen LogP contribution >= 0.6 is 15.9 Å². The van der Waals surface area contributed by atoms with E-state index >= 15 is 0 Å². The molecule has 0 radical (unpaired) electrons. The molecule has 3 rings (SSSR count). The van der Waals surface area contributed by atoms with Gasteiger partial charge >= 0.3 is 0 Å². The first-order valence-corrected chi connectivity index (χ1v) is 9.42. The van der Waals surface area contributed by atoms with Crippen LogP contribution in [0.15, 0.2) is 63.8 Å². The van der Waals surface area contributed by atoms with E-state index in [1.165, 1.54) is 36.7 Å². The predicted molar refractivity (Wildman–Crippen MR) is 106 cm³/mol. The topological polar surface area (TPSA) is 93.5 Å². The van der Waals surface area contributed by atoms with E-state index in [0.29, 0.717) is 16.0 Å². The molecule has 2 N–H and O–H groups in total. The maximum Gasteiger partial charge on any atom is 0.257 e. The van der Waals surface area contributed by atoms with Gasteiger partial charge in [-0.15, -0.1) is 0 Å². The molecule has 2 amide bonds. The molecule has 0 bridgehead atoms. The summed E-state index contributed by atoms with van der Waals surface area (Å²) in [5.41, 5.74) is 0.134. The summed E-state index contributed by atoms with van der Waals surface area (Å²) in [6.07, 6.45) is 2.97. The molecule has 9 heteroatoms. The highest BCUT2D eigenvalue weighted by Crippen LogP contribution is 2.30. The fourth-order valence-electron chi connectivity index (χ4n) is 2.39. The van der Waals surface area contributed by atoms with E-state index in [2.05, 4.69) is 31.5 Å². The summed E-state index contributed by atoms with van der Waals surface area (Å²) in [5.74, 6) is -0.416. The Balaban J connectivity index is 1.66. The number of hydrogen-bond acceptors (Lipinski definition) is 5. The van der Waals surface area contributed by atoms with Crippen molar-refractivity contribution >= 4 is 27.7 Å². The quantitative estimate of drug-likeness (QED) is 0.557. The number of carbonyl (C=O) groups is 2. The molecule has 29 heavy (non-hydrogen) atoms.